The number of hydrogen-bond acceptors (Lipinski definition) is 2. The molecule has 1 aliphatic rings. The molecule has 1 atom stereocenters. The Balaban J connectivity index is 1.94. The Hall–Kier alpha value is -0.520. The fourth-order valence-electron chi connectivity index (χ4n) is 2.22. The van der Waals surface area contributed by atoms with Crippen molar-refractivity contribution in [2.24, 2.45) is 0 Å². The van der Waals surface area contributed by atoms with Gasteiger partial charge in [-0.25, -0.2) is 0 Å². The van der Waals surface area contributed by atoms with E-state index in [1.807, 2.05) is 18.2 Å². The topological polar surface area (TPSA) is 18.5 Å². The third kappa shape index (κ3) is 3.46. The number of hydrogen-bond donors (Lipinski definition) is 0. The van der Waals surface area contributed by atoms with Gasteiger partial charge in [0.25, 0.3) is 0 Å². The van der Waals surface area contributed by atoms with Crippen molar-refractivity contribution in [3.8, 4) is 11.5 Å². The van der Waals surface area contributed by atoms with Crippen LogP contribution >= 0.6 is 47.8 Å². The largest absolute Gasteiger partial charge is 0.490 e. The van der Waals surface area contributed by atoms with E-state index in [9.17, 15) is 0 Å². The standard InChI is InChI=1S/C16H13Br3O2/c17-11-3-4-12(13(18)9-11)16(19)10-2-5-14-15(8-10)21-7-1-6-20-14/h2-5,8-9,16H,1,6-7H2. The summed E-state index contributed by atoms with van der Waals surface area (Å²) >= 11 is 10.9. The molecule has 0 aliphatic carbocycles. The molecule has 3 rings (SSSR count). The van der Waals surface area contributed by atoms with Crippen LogP contribution in [0.3, 0.4) is 0 Å². The summed E-state index contributed by atoms with van der Waals surface area (Å²) < 4.78 is 13.5. The molecule has 0 aromatic heterocycles. The monoisotopic (exact) mass is 474 g/mol. The van der Waals surface area contributed by atoms with Crippen LogP contribution in [0, 0.1) is 0 Å². The molecule has 0 N–H and O–H groups in total. The first-order valence-electron chi connectivity index (χ1n) is 6.64. The molecule has 21 heavy (non-hydrogen) atoms. The van der Waals surface area contributed by atoms with Gasteiger partial charge in [0, 0.05) is 15.4 Å². The van der Waals surface area contributed by atoms with E-state index in [0.717, 1.165) is 32.4 Å². The highest BCUT2D eigenvalue weighted by Gasteiger charge is 2.17. The van der Waals surface area contributed by atoms with E-state index in [4.69, 9.17) is 9.47 Å². The van der Waals surface area contributed by atoms with E-state index >= 15 is 0 Å². The lowest BCUT2D eigenvalue weighted by Crippen LogP contribution is -1.98. The minimum absolute atomic E-state index is 0.0946. The summed E-state index contributed by atoms with van der Waals surface area (Å²) in [5.74, 6) is 1.65. The molecule has 5 heteroatoms. The second kappa shape index (κ2) is 6.71. The Morgan fingerprint density at radius 1 is 0.905 bits per heavy atom. The lowest BCUT2D eigenvalue weighted by molar-refractivity contribution is 0.297. The highest BCUT2D eigenvalue weighted by Crippen LogP contribution is 2.40. The van der Waals surface area contributed by atoms with Crippen LogP contribution < -0.4 is 9.47 Å². The summed E-state index contributed by atoms with van der Waals surface area (Å²) in [5, 5.41) is 0. The van der Waals surface area contributed by atoms with Crippen LogP contribution in [0.1, 0.15) is 22.4 Å². The zero-order valence-electron chi connectivity index (χ0n) is 11.1. The molecule has 2 aromatic carbocycles. The third-order valence-corrected chi connectivity index (χ3v) is 5.50. The highest BCUT2D eigenvalue weighted by atomic mass is 79.9. The fraction of sp³-hybridized carbons (Fsp3) is 0.250. The quantitative estimate of drug-likeness (QED) is 0.506. The van der Waals surface area contributed by atoms with Crippen molar-refractivity contribution in [2.45, 2.75) is 11.2 Å². The molecule has 0 radical (unpaired) electrons. The zero-order valence-corrected chi connectivity index (χ0v) is 15.9. The number of halogens is 3. The van der Waals surface area contributed by atoms with Crippen molar-refractivity contribution in [1.82, 2.24) is 0 Å². The average molecular weight is 477 g/mol. The lowest BCUT2D eigenvalue weighted by atomic mass is 10.0. The first kappa shape index (κ1) is 15.4. The molecule has 2 aromatic rings. The van der Waals surface area contributed by atoms with E-state index in [2.05, 4.69) is 66.0 Å². The number of ether oxygens (including phenoxy) is 2. The molecular formula is C16H13Br3O2. The molecule has 1 unspecified atom stereocenters. The molecular weight excluding hydrogens is 464 g/mol. The van der Waals surface area contributed by atoms with E-state index in [0.29, 0.717) is 13.2 Å². The second-order valence-corrected chi connectivity index (χ2v) is 7.47. The van der Waals surface area contributed by atoms with Crippen molar-refractivity contribution in [3.63, 3.8) is 0 Å². The summed E-state index contributed by atoms with van der Waals surface area (Å²) in [6, 6.07) is 12.3. The Bertz CT molecular complexity index is 658. The van der Waals surface area contributed by atoms with Crippen LogP contribution in [0.2, 0.25) is 0 Å². The average Bonchev–Trinajstić information content (AvgIpc) is 2.71. The van der Waals surface area contributed by atoms with Gasteiger partial charge in [0.05, 0.1) is 18.0 Å². The molecule has 0 fully saturated rings. The zero-order chi connectivity index (χ0) is 14.8. The number of alkyl halides is 1. The van der Waals surface area contributed by atoms with E-state index < -0.39 is 0 Å². The van der Waals surface area contributed by atoms with E-state index in [1.165, 1.54) is 5.56 Å². The highest BCUT2D eigenvalue weighted by molar-refractivity contribution is 9.11. The lowest BCUT2D eigenvalue weighted by Gasteiger charge is -2.15. The summed E-state index contributed by atoms with van der Waals surface area (Å²) in [4.78, 5) is 0.0946. The first-order chi connectivity index (χ1) is 10.1. The van der Waals surface area contributed by atoms with Gasteiger partial charge in [-0.1, -0.05) is 59.9 Å². The molecule has 0 bridgehead atoms. The molecule has 0 spiro atoms. The van der Waals surface area contributed by atoms with Crippen LogP contribution in [0.4, 0.5) is 0 Å². The Morgan fingerprint density at radius 3 is 2.43 bits per heavy atom. The molecule has 0 saturated heterocycles. The molecule has 0 saturated carbocycles. The van der Waals surface area contributed by atoms with E-state index in [-0.39, 0.29) is 4.83 Å². The normalized spacial score (nSPS) is 15.4. The van der Waals surface area contributed by atoms with Gasteiger partial charge < -0.3 is 9.47 Å². The predicted octanol–water partition coefficient (Wildman–Crippen LogP) is 5.86. The minimum Gasteiger partial charge on any atom is -0.490 e. The van der Waals surface area contributed by atoms with Gasteiger partial charge in [-0.2, -0.15) is 0 Å². The van der Waals surface area contributed by atoms with Crippen molar-refractivity contribution in [2.75, 3.05) is 13.2 Å². The van der Waals surface area contributed by atoms with Gasteiger partial charge in [0.15, 0.2) is 11.5 Å². The van der Waals surface area contributed by atoms with Gasteiger partial charge >= 0.3 is 0 Å². The Morgan fingerprint density at radius 2 is 1.67 bits per heavy atom. The van der Waals surface area contributed by atoms with Crippen LogP contribution in [0.5, 0.6) is 11.5 Å². The number of fused-ring (bicyclic) bond motifs is 1. The predicted molar refractivity (Wildman–Crippen MR) is 94.7 cm³/mol. The van der Waals surface area contributed by atoms with Gasteiger partial charge in [-0.05, 0) is 35.4 Å². The fourth-order valence-corrected chi connectivity index (χ4v) is 4.49. The maximum absolute atomic E-state index is 5.76. The van der Waals surface area contributed by atoms with Crippen molar-refractivity contribution in [1.29, 1.82) is 0 Å². The van der Waals surface area contributed by atoms with Crippen LogP contribution in [0.25, 0.3) is 0 Å². The third-order valence-electron chi connectivity index (χ3n) is 3.30. The van der Waals surface area contributed by atoms with Crippen molar-refractivity contribution >= 4 is 47.8 Å². The minimum atomic E-state index is 0.0946. The van der Waals surface area contributed by atoms with E-state index in [1.54, 1.807) is 0 Å². The van der Waals surface area contributed by atoms with Crippen LogP contribution in [0.15, 0.2) is 45.3 Å². The van der Waals surface area contributed by atoms with Crippen LogP contribution in [-0.4, -0.2) is 13.2 Å². The maximum atomic E-state index is 5.76. The first-order valence-corrected chi connectivity index (χ1v) is 9.14. The Kier molecular flexibility index (Phi) is 4.92. The second-order valence-electron chi connectivity index (χ2n) is 4.79. The Labute approximate surface area is 149 Å². The summed E-state index contributed by atoms with van der Waals surface area (Å²) in [6.45, 7) is 1.41. The summed E-state index contributed by atoms with van der Waals surface area (Å²) in [5.41, 5.74) is 2.31. The molecule has 1 aliphatic heterocycles. The molecule has 2 nitrogen and oxygen atoms in total. The number of rotatable bonds is 2. The summed E-state index contributed by atoms with van der Waals surface area (Å²) in [6.07, 6.45) is 0.917. The van der Waals surface area contributed by atoms with Crippen molar-refractivity contribution < 1.29 is 9.47 Å². The van der Waals surface area contributed by atoms with Crippen molar-refractivity contribution in [3.05, 3.63) is 56.5 Å². The molecule has 110 valence electrons. The summed E-state index contributed by atoms with van der Waals surface area (Å²) in [7, 11) is 0. The smallest absolute Gasteiger partial charge is 0.161 e. The molecule has 0 amide bonds. The number of benzene rings is 2. The van der Waals surface area contributed by atoms with Gasteiger partial charge in [-0.3, -0.25) is 0 Å². The maximum Gasteiger partial charge on any atom is 0.161 e. The van der Waals surface area contributed by atoms with Gasteiger partial charge in [0.2, 0.25) is 0 Å². The SMILES string of the molecule is Brc1ccc(C(Br)c2ccc3c(c2)OCCCO3)c(Br)c1. The molecule has 1 heterocycles. The van der Waals surface area contributed by atoms with Crippen LogP contribution in [-0.2, 0) is 0 Å². The van der Waals surface area contributed by atoms with Gasteiger partial charge in [0.1, 0.15) is 0 Å². The van der Waals surface area contributed by atoms with Gasteiger partial charge in [-0.15, -0.1) is 0 Å².